The Kier molecular flexibility index (Phi) is 6.59. The highest BCUT2D eigenvalue weighted by Gasteiger charge is 2.26. The Morgan fingerprint density at radius 3 is 2.48 bits per heavy atom. The number of methoxy groups -OCH3 is 1. The first-order valence-corrected chi connectivity index (χ1v) is 8.20. The summed E-state index contributed by atoms with van der Waals surface area (Å²) in [6.07, 6.45) is 1.90. The maximum absolute atomic E-state index is 12.3. The van der Waals surface area contributed by atoms with E-state index in [9.17, 15) is 9.59 Å². The second-order valence-corrected chi connectivity index (χ2v) is 6.10. The Morgan fingerprint density at radius 2 is 1.87 bits per heavy atom. The molecule has 1 fully saturated rings. The summed E-state index contributed by atoms with van der Waals surface area (Å²) in [6, 6.07) is 8.06. The molecule has 1 saturated heterocycles. The van der Waals surface area contributed by atoms with Crippen LogP contribution < -0.4 is 5.32 Å². The van der Waals surface area contributed by atoms with Crippen molar-refractivity contribution in [3.05, 3.63) is 35.4 Å². The van der Waals surface area contributed by atoms with Crippen molar-refractivity contribution in [1.82, 2.24) is 10.2 Å². The van der Waals surface area contributed by atoms with Crippen LogP contribution in [0.15, 0.2) is 24.3 Å². The fourth-order valence-electron chi connectivity index (χ4n) is 2.80. The quantitative estimate of drug-likeness (QED) is 0.810. The number of amides is 2. The van der Waals surface area contributed by atoms with Gasteiger partial charge in [-0.2, -0.15) is 0 Å². The molecule has 0 atom stereocenters. The van der Waals surface area contributed by atoms with E-state index in [1.807, 2.05) is 36.1 Å². The Morgan fingerprint density at radius 1 is 1.22 bits per heavy atom. The highest BCUT2D eigenvalue weighted by molar-refractivity contribution is 5.81. The molecule has 0 spiro atoms. The zero-order valence-corrected chi connectivity index (χ0v) is 14.0. The van der Waals surface area contributed by atoms with Gasteiger partial charge < -0.3 is 15.0 Å². The molecule has 1 aromatic rings. The number of ether oxygens (including phenoxy) is 1. The summed E-state index contributed by atoms with van der Waals surface area (Å²) in [5, 5.41) is 2.88. The molecule has 0 aliphatic carbocycles. The molecule has 2 amide bonds. The predicted octanol–water partition coefficient (Wildman–Crippen LogP) is 1.54. The van der Waals surface area contributed by atoms with Gasteiger partial charge >= 0.3 is 0 Å². The predicted molar refractivity (Wildman–Crippen MR) is 89.1 cm³/mol. The minimum atomic E-state index is 0.00952. The highest BCUT2D eigenvalue weighted by Crippen LogP contribution is 2.18. The number of hydrogen-bond acceptors (Lipinski definition) is 3. The molecule has 0 radical (unpaired) electrons. The van der Waals surface area contributed by atoms with Crippen LogP contribution in [0.3, 0.4) is 0 Å². The molecule has 0 saturated carbocycles. The fraction of sp³-hybridized carbons (Fsp3) is 0.556. The molecule has 0 bridgehead atoms. The highest BCUT2D eigenvalue weighted by atomic mass is 16.5. The Bertz CT molecular complexity index is 520. The van der Waals surface area contributed by atoms with Crippen molar-refractivity contribution >= 4 is 11.8 Å². The molecule has 1 aliphatic rings. The topological polar surface area (TPSA) is 58.6 Å². The lowest BCUT2D eigenvalue weighted by molar-refractivity contribution is -0.135. The monoisotopic (exact) mass is 318 g/mol. The average Bonchev–Trinajstić information content (AvgIpc) is 2.57. The normalized spacial score (nSPS) is 15.5. The van der Waals surface area contributed by atoms with Crippen LogP contribution in [0.25, 0.3) is 0 Å². The third-order valence-electron chi connectivity index (χ3n) is 4.30. The lowest BCUT2D eigenvalue weighted by Gasteiger charge is -2.31. The van der Waals surface area contributed by atoms with Crippen molar-refractivity contribution in [1.29, 1.82) is 0 Å². The van der Waals surface area contributed by atoms with Crippen molar-refractivity contribution in [3.63, 3.8) is 0 Å². The van der Waals surface area contributed by atoms with E-state index in [4.69, 9.17) is 4.74 Å². The lowest BCUT2D eigenvalue weighted by Crippen LogP contribution is -2.44. The molecule has 1 aromatic carbocycles. The first-order chi connectivity index (χ1) is 11.1. The van der Waals surface area contributed by atoms with Gasteiger partial charge in [0, 0.05) is 32.7 Å². The molecule has 2 rings (SSSR count). The van der Waals surface area contributed by atoms with Crippen molar-refractivity contribution in [2.24, 2.45) is 5.92 Å². The summed E-state index contributed by atoms with van der Waals surface area (Å²) < 4.78 is 4.92. The van der Waals surface area contributed by atoms with Gasteiger partial charge in [0.25, 0.3) is 0 Å². The molecular weight excluding hydrogens is 292 g/mol. The van der Waals surface area contributed by atoms with Crippen molar-refractivity contribution in [3.8, 4) is 0 Å². The molecule has 1 N–H and O–H groups in total. The average molecular weight is 318 g/mol. The van der Waals surface area contributed by atoms with Crippen LogP contribution in [0.5, 0.6) is 0 Å². The van der Waals surface area contributed by atoms with E-state index in [0.29, 0.717) is 32.7 Å². The number of rotatable bonds is 6. The third-order valence-corrected chi connectivity index (χ3v) is 4.30. The van der Waals surface area contributed by atoms with Crippen molar-refractivity contribution < 1.29 is 14.3 Å². The summed E-state index contributed by atoms with van der Waals surface area (Å²) in [7, 11) is 1.62. The van der Waals surface area contributed by atoms with E-state index in [0.717, 1.165) is 18.4 Å². The summed E-state index contributed by atoms with van der Waals surface area (Å²) in [5.41, 5.74) is 2.24. The lowest BCUT2D eigenvalue weighted by atomic mass is 9.95. The van der Waals surface area contributed by atoms with E-state index >= 15 is 0 Å². The fourth-order valence-corrected chi connectivity index (χ4v) is 2.80. The van der Waals surface area contributed by atoms with Crippen LogP contribution >= 0.6 is 0 Å². The van der Waals surface area contributed by atoms with Gasteiger partial charge in [0.15, 0.2) is 0 Å². The van der Waals surface area contributed by atoms with Crippen LogP contribution in [0.4, 0.5) is 0 Å². The number of carbonyl (C=O) groups is 2. The van der Waals surface area contributed by atoms with Gasteiger partial charge in [-0.25, -0.2) is 0 Å². The van der Waals surface area contributed by atoms with Crippen LogP contribution in [0.1, 0.15) is 24.0 Å². The molecule has 1 aliphatic heterocycles. The molecule has 1 heterocycles. The van der Waals surface area contributed by atoms with Gasteiger partial charge in [-0.1, -0.05) is 29.8 Å². The Labute approximate surface area is 138 Å². The summed E-state index contributed by atoms with van der Waals surface area (Å²) in [5.74, 6) is 0.232. The molecule has 0 aromatic heterocycles. The standard InChI is InChI=1S/C18H26N2O3/c1-14-3-5-15(6-4-14)13-17(21)20-10-7-16(8-11-20)18(22)19-9-12-23-2/h3-6,16H,7-13H2,1-2H3,(H,19,22). The molecule has 0 unspecified atom stereocenters. The van der Waals surface area contributed by atoms with Crippen LogP contribution in [-0.2, 0) is 20.7 Å². The Hall–Kier alpha value is -1.88. The van der Waals surface area contributed by atoms with Crippen LogP contribution in [0.2, 0.25) is 0 Å². The molecule has 5 nitrogen and oxygen atoms in total. The second kappa shape index (κ2) is 8.67. The smallest absolute Gasteiger partial charge is 0.226 e. The first kappa shape index (κ1) is 17.5. The maximum atomic E-state index is 12.3. The number of hydrogen-bond donors (Lipinski definition) is 1. The van der Waals surface area contributed by atoms with Gasteiger partial charge in [-0.05, 0) is 25.3 Å². The number of carbonyl (C=O) groups excluding carboxylic acids is 2. The van der Waals surface area contributed by atoms with Gasteiger partial charge in [0.2, 0.25) is 11.8 Å². The van der Waals surface area contributed by atoms with E-state index in [1.165, 1.54) is 5.56 Å². The van der Waals surface area contributed by atoms with Gasteiger partial charge in [-0.3, -0.25) is 9.59 Å². The van der Waals surface area contributed by atoms with Gasteiger partial charge in [0.05, 0.1) is 13.0 Å². The van der Waals surface area contributed by atoms with E-state index < -0.39 is 0 Å². The summed E-state index contributed by atoms with van der Waals surface area (Å²) in [6.45, 7) is 4.43. The molecule has 5 heteroatoms. The number of likely N-dealkylation sites (tertiary alicyclic amines) is 1. The van der Waals surface area contributed by atoms with Gasteiger partial charge in [0.1, 0.15) is 0 Å². The molecule has 126 valence electrons. The number of benzene rings is 1. The van der Waals surface area contributed by atoms with E-state index in [-0.39, 0.29) is 17.7 Å². The molecule has 23 heavy (non-hydrogen) atoms. The van der Waals surface area contributed by atoms with Crippen LogP contribution in [0, 0.1) is 12.8 Å². The van der Waals surface area contributed by atoms with Crippen molar-refractivity contribution in [2.45, 2.75) is 26.2 Å². The largest absolute Gasteiger partial charge is 0.383 e. The third kappa shape index (κ3) is 5.36. The Balaban J connectivity index is 1.76. The number of aryl methyl sites for hydroxylation is 1. The van der Waals surface area contributed by atoms with E-state index in [2.05, 4.69) is 5.32 Å². The first-order valence-electron chi connectivity index (χ1n) is 8.20. The zero-order valence-electron chi connectivity index (χ0n) is 14.0. The number of nitrogens with zero attached hydrogens (tertiary/aromatic N) is 1. The number of piperidine rings is 1. The zero-order chi connectivity index (χ0) is 16.7. The summed E-state index contributed by atoms with van der Waals surface area (Å²) >= 11 is 0. The second-order valence-electron chi connectivity index (χ2n) is 6.10. The van der Waals surface area contributed by atoms with Crippen molar-refractivity contribution in [2.75, 3.05) is 33.4 Å². The van der Waals surface area contributed by atoms with Gasteiger partial charge in [-0.15, -0.1) is 0 Å². The number of nitrogens with one attached hydrogen (secondary N) is 1. The van der Waals surface area contributed by atoms with E-state index in [1.54, 1.807) is 7.11 Å². The minimum Gasteiger partial charge on any atom is -0.383 e. The maximum Gasteiger partial charge on any atom is 0.226 e. The molecular formula is C18H26N2O3. The minimum absolute atomic E-state index is 0.00952. The SMILES string of the molecule is COCCNC(=O)C1CCN(C(=O)Cc2ccc(C)cc2)CC1. The van der Waals surface area contributed by atoms with Crippen LogP contribution in [-0.4, -0.2) is 50.1 Å². The summed E-state index contributed by atoms with van der Waals surface area (Å²) in [4.78, 5) is 26.2.